The Morgan fingerprint density at radius 2 is 1.68 bits per heavy atom. The van der Waals surface area contributed by atoms with Gasteiger partial charge >= 0.3 is 5.97 Å². The number of rotatable bonds is 9. The van der Waals surface area contributed by atoms with Gasteiger partial charge in [-0.25, -0.2) is 0 Å². The Kier molecular flexibility index (Phi) is 7.08. The third kappa shape index (κ3) is 4.85. The lowest BCUT2D eigenvalue weighted by Gasteiger charge is -2.33. The van der Waals surface area contributed by atoms with Crippen LogP contribution in [0.25, 0.3) is 0 Å². The summed E-state index contributed by atoms with van der Waals surface area (Å²) >= 11 is 0. The first-order chi connectivity index (χ1) is 13.3. The predicted octanol–water partition coefficient (Wildman–Crippen LogP) is 1.33. The average molecular weight is 394 g/mol. The fraction of sp³-hybridized carbons (Fsp3) is 0.526. The van der Waals surface area contributed by atoms with Crippen LogP contribution in [0.2, 0.25) is 0 Å². The summed E-state index contributed by atoms with van der Waals surface area (Å²) in [5.41, 5.74) is 4.37. The number of ether oxygens (including phenoxy) is 3. The number of methoxy groups -OCH3 is 2. The number of nitrogens with one attached hydrogen (secondary N) is 1. The number of carbonyl (C=O) groups excluding carboxylic acids is 2. The highest BCUT2D eigenvalue weighted by Crippen LogP contribution is 2.39. The molecule has 154 valence electrons. The highest BCUT2D eigenvalue weighted by atomic mass is 16.5. The number of carboxylic acid groups (broad SMARTS) is 1. The Morgan fingerprint density at radius 1 is 1.11 bits per heavy atom. The third-order valence-electron chi connectivity index (χ3n) is 4.93. The molecule has 0 heterocycles. The number of nitrogens with two attached hydrogens (primary N) is 1. The van der Waals surface area contributed by atoms with Crippen LogP contribution in [0.4, 0.5) is 0 Å². The highest BCUT2D eigenvalue weighted by Gasteiger charge is 2.39. The lowest BCUT2D eigenvalue weighted by atomic mass is 9.74. The summed E-state index contributed by atoms with van der Waals surface area (Å²) in [5.74, 6) is -1.48. The second kappa shape index (κ2) is 9.29. The fourth-order valence-corrected chi connectivity index (χ4v) is 3.34. The van der Waals surface area contributed by atoms with E-state index in [4.69, 9.17) is 19.9 Å². The SMILES string of the molecule is COc1cc(C(=O)NCC2(C(=O)O)CCCCC2)cc(OC)c1OCC(N)=O. The van der Waals surface area contributed by atoms with Crippen LogP contribution >= 0.6 is 0 Å². The van der Waals surface area contributed by atoms with E-state index in [1.54, 1.807) is 0 Å². The van der Waals surface area contributed by atoms with Gasteiger partial charge < -0.3 is 30.4 Å². The molecule has 1 fully saturated rings. The van der Waals surface area contributed by atoms with Gasteiger partial charge in [-0.05, 0) is 25.0 Å². The van der Waals surface area contributed by atoms with Crippen molar-refractivity contribution in [2.45, 2.75) is 32.1 Å². The molecule has 0 aromatic heterocycles. The van der Waals surface area contributed by atoms with Crippen molar-refractivity contribution >= 4 is 17.8 Å². The zero-order chi connectivity index (χ0) is 20.7. The average Bonchev–Trinajstić information content (AvgIpc) is 2.70. The molecule has 9 nitrogen and oxygen atoms in total. The third-order valence-corrected chi connectivity index (χ3v) is 4.93. The first-order valence-corrected chi connectivity index (χ1v) is 9.01. The second-order valence-corrected chi connectivity index (χ2v) is 6.79. The van der Waals surface area contributed by atoms with E-state index in [2.05, 4.69) is 5.32 Å². The maximum atomic E-state index is 12.6. The van der Waals surface area contributed by atoms with Crippen molar-refractivity contribution in [1.82, 2.24) is 5.32 Å². The molecule has 1 saturated carbocycles. The van der Waals surface area contributed by atoms with E-state index in [1.165, 1.54) is 26.4 Å². The van der Waals surface area contributed by atoms with Crippen LogP contribution in [0, 0.1) is 5.41 Å². The van der Waals surface area contributed by atoms with E-state index in [0.29, 0.717) is 12.8 Å². The molecule has 0 aliphatic heterocycles. The molecule has 1 aliphatic carbocycles. The first kappa shape index (κ1) is 21.3. The number of aliphatic carboxylic acids is 1. The minimum Gasteiger partial charge on any atom is -0.493 e. The van der Waals surface area contributed by atoms with Gasteiger partial charge in [-0.15, -0.1) is 0 Å². The molecular formula is C19H26N2O7. The van der Waals surface area contributed by atoms with Crippen LogP contribution in [0.3, 0.4) is 0 Å². The van der Waals surface area contributed by atoms with Crippen LogP contribution in [-0.2, 0) is 9.59 Å². The zero-order valence-electron chi connectivity index (χ0n) is 16.1. The van der Waals surface area contributed by atoms with Crippen molar-refractivity contribution in [2.24, 2.45) is 11.1 Å². The minimum atomic E-state index is -0.938. The summed E-state index contributed by atoms with van der Waals surface area (Å²) < 4.78 is 15.8. The standard InChI is InChI=1S/C19H26N2O7/c1-26-13-8-12(9-14(27-2)16(13)28-10-15(20)22)17(23)21-11-19(18(24)25)6-4-3-5-7-19/h8-9H,3-7,10-11H2,1-2H3,(H2,20,22)(H,21,23)(H,24,25). The molecule has 1 aliphatic rings. The summed E-state index contributed by atoms with van der Waals surface area (Å²) in [7, 11) is 2.77. The van der Waals surface area contributed by atoms with Gasteiger partial charge in [0.05, 0.1) is 19.6 Å². The van der Waals surface area contributed by atoms with Crippen molar-refractivity contribution in [3.05, 3.63) is 17.7 Å². The zero-order valence-corrected chi connectivity index (χ0v) is 16.1. The van der Waals surface area contributed by atoms with Gasteiger partial charge in [0.25, 0.3) is 11.8 Å². The Balaban J connectivity index is 2.20. The number of carbonyl (C=O) groups is 3. The Labute approximate surface area is 163 Å². The highest BCUT2D eigenvalue weighted by molar-refractivity contribution is 5.96. The lowest BCUT2D eigenvalue weighted by Crippen LogP contribution is -2.44. The molecule has 2 amide bonds. The molecule has 28 heavy (non-hydrogen) atoms. The molecule has 0 atom stereocenters. The molecule has 0 unspecified atom stereocenters. The number of hydrogen-bond donors (Lipinski definition) is 3. The van der Waals surface area contributed by atoms with E-state index in [9.17, 15) is 19.5 Å². The Morgan fingerprint density at radius 3 is 2.14 bits per heavy atom. The van der Waals surface area contributed by atoms with Crippen molar-refractivity contribution < 1.29 is 33.7 Å². The van der Waals surface area contributed by atoms with Crippen molar-refractivity contribution in [3.8, 4) is 17.2 Å². The largest absolute Gasteiger partial charge is 0.493 e. The van der Waals surface area contributed by atoms with Gasteiger partial charge in [0.15, 0.2) is 18.1 Å². The molecule has 0 saturated heterocycles. The molecule has 4 N–H and O–H groups in total. The molecule has 2 rings (SSSR count). The van der Waals surface area contributed by atoms with Gasteiger partial charge in [0, 0.05) is 12.1 Å². The number of amides is 2. The van der Waals surface area contributed by atoms with Gasteiger partial charge in [0.1, 0.15) is 0 Å². The molecular weight excluding hydrogens is 368 g/mol. The molecule has 1 aromatic carbocycles. The summed E-state index contributed by atoms with van der Waals surface area (Å²) in [6, 6.07) is 2.87. The quantitative estimate of drug-likeness (QED) is 0.574. The molecule has 9 heteroatoms. The van der Waals surface area contributed by atoms with Gasteiger partial charge in [0.2, 0.25) is 5.75 Å². The minimum absolute atomic E-state index is 0.0473. The van der Waals surface area contributed by atoms with E-state index in [0.717, 1.165) is 19.3 Å². The Hall–Kier alpha value is -2.97. The summed E-state index contributed by atoms with van der Waals surface area (Å²) in [6.45, 7) is -0.328. The van der Waals surface area contributed by atoms with E-state index in [1.807, 2.05) is 0 Å². The topological polar surface area (TPSA) is 137 Å². The van der Waals surface area contributed by atoms with Crippen molar-refractivity contribution in [2.75, 3.05) is 27.4 Å². The smallest absolute Gasteiger partial charge is 0.311 e. The summed E-state index contributed by atoms with van der Waals surface area (Å²) in [6.07, 6.45) is 3.74. The normalized spacial score (nSPS) is 15.4. The monoisotopic (exact) mass is 394 g/mol. The Bertz CT molecular complexity index is 717. The van der Waals surface area contributed by atoms with E-state index >= 15 is 0 Å². The molecule has 0 spiro atoms. The number of primary amides is 1. The number of carboxylic acids is 1. The van der Waals surface area contributed by atoms with Crippen molar-refractivity contribution in [1.29, 1.82) is 0 Å². The van der Waals surface area contributed by atoms with Crippen LogP contribution in [0.1, 0.15) is 42.5 Å². The fourth-order valence-electron chi connectivity index (χ4n) is 3.34. The maximum absolute atomic E-state index is 12.6. The maximum Gasteiger partial charge on any atom is 0.311 e. The van der Waals surface area contributed by atoms with Crippen LogP contribution < -0.4 is 25.3 Å². The van der Waals surface area contributed by atoms with Crippen molar-refractivity contribution in [3.63, 3.8) is 0 Å². The molecule has 0 radical (unpaired) electrons. The summed E-state index contributed by atoms with van der Waals surface area (Å²) in [5, 5.41) is 12.3. The number of benzene rings is 1. The van der Waals surface area contributed by atoms with Gasteiger partial charge in [-0.3, -0.25) is 14.4 Å². The van der Waals surface area contributed by atoms with Crippen LogP contribution in [0.15, 0.2) is 12.1 Å². The summed E-state index contributed by atoms with van der Waals surface area (Å²) in [4.78, 5) is 35.4. The molecule has 0 bridgehead atoms. The second-order valence-electron chi connectivity index (χ2n) is 6.79. The van der Waals surface area contributed by atoms with E-state index < -0.39 is 23.2 Å². The molecule has 1 aromatic rings. The lowest BCUT2D eigenvalue weighted by molar-refractivity contribution is -0.150. The van der Waals surface area contributed by atoms with E-state index in [-0.39, 0.29) is 36.0 Å². The van der Waals surface area contributed by atoms with Gasteiger partial charge in [-0.1, -0.05) is 19.3 Å². The first-order valence-electron chi connectivity index (χ1n) is 9.01. The van der Waals surface area contributed by atoms with Crippen LogP contribution in [-0.4, -0.2) is 50.3 Å². The van der Waals surface area contributed by atoms with Crippen LogP contribution in [0.5, 0.6) is 17.2 Å². The predicted molar refractivity (Wildman–Crippen MR) is 99.7 cm³/mol. The van der Waals surface area contributed by atoms with Gasteiger partial charge in [-0.2, -0.15) is 0 Å². The number of hydrogen-bond acceptors (Lipinski definition) is 6.